The van der Waals surface area contributed by atoms with E-state index in [4.69, 9.17) is 5.73 Å². The Morgan fingerprint density at radius 3 is 2.87 bits per heavy atom. The molecule has 15 heavy (non-hydrogen) atoms. The minimum absolute atomic E-state index is 0.851. The second kappa shape index (κ2) is 3.25. The van der Waals surface area contributed by atoms with Crippen LogP contribution in [0.4, 0.5) is 0 Å². The minimum Gasteiger partial charge on any atom is -0.401 e. The highest BCUT2D eigenvalue weighted by atomic mass is 15.7. The van der Waals surface area contributed by atoms with Crippen LogP contribution in [-0.2, 0) is 0 Å². The summed E-state index contributed by atoms with van der Waals surface area (Å²) in [5, 5.41) is 4.56. The summed E-state index contributed by atoms with van der Waals surface area (Å²) in [5.41, 5.74) is 14.6. The van der Waals surface area contributed by atoms with Gasteiger partial charge in [-0.3, -0.25) is 5.01 Å². The van der Waals surface area contributed by atoms with Crippen molar-refractivity contribution in [2.45, 2.75) is 6.42 Å². The van der Waals surface area contributed by atoms with E-state index in [1.165, 1.54) is 16.1 Å². The highest BCUT2D eigenvalue weighted by Crippen LogP contribution is 2.08. The van der Waals surface area contributed by atoms with Crippen molar-refractivity contribution in [3.63, 3.8) is 0 Å². The fourth-order valence-corrected chi connectivity index (χ4v) is 2.19. The minimum atomic E-state index is 0.851. The molecule has 0 radical (unpaired) electrons. The molecular weight excluding hydrogens is 188 g/mol. The van der Waals surface area contributed by atoms with E-state index in [-0.39, 0.29) is 0 Å². The fraction of sp³-hybridized carbons (Fsp3) is 0.273. The van der Waals surface area contributed by atoms with E-state index in [0.29, 0.717) is 0 Å². The van der Waals surface area contributed by atoms with E-state index < -0.39 is 0 Å². The third-order valence-corrected chi connectivity index (χ3v) is 2.98. The van der Waals surface area contributed by atoms with Crippen molar-refractivity contribution in [3.8, 4) is 0 Å². The number of fused-ring (bicyclic) bond motifs is 2. The molecule has 78 valence electrons. The molecule has 0 aromatic heterocycles. The molecule has 0 spiro atoms. The molecular formula is C11H14N4. The summed E-state index contributed by atoms with van der Waals surface area (Å²) in [4.78, 5) is 0. The number of nitrogens with zero attached hydrogens (tertiary/aromatic N) is 1. The second-order valence-corrected chi connectivity index (χ2v) is 3.88. The van der Waals surface area contributed by atoms with Crippen LogP contribution in [0.15, 0.2) is 24.3 Å². The Bertz CT molecular complexity index is 506. The Hall–Kier alpha value is -1.52. The molecule has 1 saturated heterocycles. The molecule has 0 saturated carbocycles. The summed E-state index contributed by atoms with van der Waals surface area (Å²) in [6.45, 7) is 1.77. The number of hydrazine groups is 2. The van der Waals surface area contributed by atoms with Gasteiger partial charge in [0.1, 0.15) is 0 Å². The first-order chi connectivity index (χ1) is 7.36. The van der Waals surface area contributed by atoms with Gasteiger partial charge in [0.2, 0.25) is 0 Å². The lowest BCUT2D eigenvalue weighted by Gasteiger charge is -2.16. The SMILES string of the molecule is NC1=c2ccccc2=C2CNNN2CC1. The summed E-state index contributed by atoms with van der Waals surface area (Å²) in [7, 11) is 0. The van der Waals surface area contributed by atoms with E-state index in [2.05, 4.69) is 34.2 Å². The van der Waals surface area contributed by atoms with Crippen LogP contribution in [0.2, 0.25) is 0 Å². The van der Waals surface area contributed by atoms with Crippen LogP contribution in [0.5, 0.6) is 0 Å². The highest BCUT2D eigenvalue weighted by molar-refractivity contribution is 5.53. The molecule has 4 N–H and O–H groups in total. The standard InChI is InChI=1S/C11H14N4/c12-10-5-6-15-11(7-13-14-15)9-4-2-1-3-8(9)10/h1-4,13-14H,5-7,12H2. The van der Waals surface area contributed by atoms with Gasteiger partial charge in [0.25, 0.3) is 0 Å². The second-order valence-electron chi connectivity index (χ2n) is 3.88. The van der Waals surface area contributed by atoms with Crippen molar-refractivity contribution in [2.75, 3.05) is 13.1 Å². The molecule has 0 bridgehead atoms. The molecule has 1 aromatic carbocycles. The van der Waals surface area contributed by atoms with Crippen molar-refractivity contribution in [2.24, 2.45) is 5.73 Å². The molecule has 0 aliphatic carbocycles. The van der Waals surface area contributed by atoms with E-state index in [9.17, 15) is 0 Å². The molecule has 2 aliphatic heterocycles. The van der Waals surface area contributed by atoms with Crippen LogP contribution >= 0.6 is 0 Å². The Balaban J connectivity index is 2.41. The van der Waals surface area contributed by atoms with Crippen molar-refractivity contribution in [3.05, 3.63) is 34.7 Å². The number of nitrogens with two attached hydrogens (primary N) is 1. The maximum absolute atomic E-state index is 6.08. The van der Waals surface area contributed by atoms with Gasteiger partial charge in [-0.15, -0.1) is 0 Å². The molecule has 1 aromatic rings. The quantitative estimate of drug-likeness (QED) is 0.484. The largest absolute Gasteiger partial charge is 0.401 e. The van der Waals surface area contributed by atoms with Crippen molar-refractivity contribution < 1.29 is 0 Å². The van der Waals surface area contributed by atoms with Crippen molar-refractivity contribution in [1.82, 2.24) is 16.0 Å². The summed E-state index contributed by atoms with van der Waals surface area (Å²) in [6.07, 6.45) is 0.898. The Morgan fingerprint density at radius 1 is 1.20 bits per heavy atom. The zero-order chi connectivity index (χ0) is 10.3. The molecule has 2 heterocycles. The summed E-state index contributed by atoms with van der Waals surface area (Å²) >= 11 is 0. The van der Waals surface area contributed by atoms with Crippen molar-refractivity contribution >= 4 is 11.4 Å². The zero-order valence-electron chi connectivity index (χ0n) is 8.46. The Morgan fingerprint density at radius 2 is 2.00 bits per heavy atom. The van der Waals surface area contributed by atoms with Crippen LogP contribution < -0.4 is 27.1 Å². The Labute approximate surface area is 88.0 Å². The van der Waals surface area contributed by atoms with Gasteiger partial charge in [0.15, 0.2) is 0 Å². The molecule has 0 atom stereocenters. The first kappa shape index (κ1) is 8.76. The number of nitrogens with one attached hydrogen (secondary N) is 2. The van der Waals surface area contributed by atoms with E-state index in [0.717, 1.165) is 25.2 Å². The smallest absolute Gasteiger partial charge is 0.0539 e. The number of hydrogen-bond donors (Lipinski definition) is 3. The summed E-state index contributed by atoms with van der Waals surface area (Å²) in [6, 6.07) is 8.32. The number of rotatable bonds is 0. The lowest BCUT2D eigenvalue weighted by molar-refractivity contribution is 0.301. The third kappa shape index (κ3) is 1.30. The number of hydrogen-bond acceptors (Lipinski definition) is 4. The maximum atomic E-state index is 6.08. The van der Waals surface area contributed by atoms with E-state index in [1.807, 2.05) is 6.07 Å². The first-order valence-corrected chi connectivity index (χ1v) is 5.19. The van der Waals surface area contributed by atoms with E-state index >= 15 is 0 Å². The number of benzene rings is 1. The molecule has 0 amide bonds. The van der Waals surface area contributed by atoms with Gasteiger partial charge >= 0.3 is 0 Å². The lowest BCUT2D eigenvalue weighted by atomic mass is 10.1. The average Bonchev–Trinajstić information content (AvgIpc) is 2.69. The third-order valence-electron chi connectivity index (χ3n) is 2.98. The summed E-state index contributed by atoms with van der Waals surface area (Å²) in [5.74, 6) is 0. The Kier molecular flexibility index (Phi) is 1.90. The zero-order valence-corrected chi connectivity index (χ0v) is 8.46. The van der Waals surface area contributed by atoms with Crippen LogP contribution in [0.25, 0.3) is 11.4 Å². The molecule has 4 heteroatoms. The molecule has 3 rings (SSSR count). The molecule has 2 aliphatic rings. The van der Waals surface area contributed by atoms with Gasteiger partial charge in [-0.05, 0) is 0 Å². The normalized spacial score (nSPS) is 19.9. The predicted molar refractivity (Wildman–Crippen MR) is 59.2 cm³/mol. The van der Waals surface area contributed by atoms with Gasteiger partial charge in [0.05, 0.1) is 12.2 Å². The topological polar surface area (TPSA) is 53.3 Å². The molecule has 4 nitrogen and oxygen atoms in total. The molecule has 0 unspecified atom stereocenters. The van der Waals surface area contributed by atoms with Gasteiger partial charge in [0, 0.05) is 29.1 Å². The van der Waals surface area contributed by atoms with Gasteiger partial charge in [-0.2, -0.15) is 5.53 Å². The van der Waals surface area contributed by atoms with Crippen LogP contribution in [0.3, 0.4) is 0 Å². The fourth-order valence-electron chi connectivity index (χ4n) is 2.19. The molecule has 1 fully saturated rings. The van der Waals surface area contributed by atoms with Crippen LogP contribution in [0, 0.1) is 0 Å². The first-order valence-electron chi connectivity index (χ1n) is 5.19. The van der Waals surface area contributed by atoms with Crippen molar-refractivity contribution in [1.29, 1.82) is 0 Å². The monoisotopic (exact) mass is 202 g/mol. The predicted octanol–water partition coefficient (Wildman–Crippen LogP) is -1.41. The average molecular weight is 202 g/mol. The van der Waals surface area contributed by atoms with Crippen LogP contribution in [-0.4, -0.2) is 18.1 Å². The highest BCUT2D eigenvalue weighted by Gasteiger charge is 2.19. The van der Waals surface area contributed by atoms with Gasteiger partial charge < -0.3 is 5.73 Å². The maximum Gasteiger partial charge on any atom is 0.0539 e. The van der Waals surface area contributed by atoms with Gasteiger partial charge in [-0.1, -0.05) is 24.3 Å². The van der Waals surface area contributed by atoms with Gasteiger partial charge in [-0.25, -0.2) is 5.43 Å². The lowest BCUT2D eigenvalue weighted by Crippen LogP contribution is -2.36. The van der Waals surface area contributed by atoms with Crippen LogP contribution in [0.1, 0.15) is 6.42 Å². The van der Waals surface area contributed by atoms with E-state index in [1.54, 1.807) is 0 Å². The summed E-state index contributed by atoms with van der Waals surface area (Å²) < 4.78 is 0.